The SMILES string of the molecule is CCc1nnc(CN2CCC[C@@H](c3cc(C(F)(F)F)n[nH]3)C2)o1. The van der Waals surface area contributed by atoms with E-state index in [0.29, 0.717) is 37.0 Å². The van der Waals surface area contributed by atoms with Crippen LogP contribution in [0.5, 0.6) is 0 Å². The van der Waals surface area contributed by atoms with Crippen molar-refractivity contribution < 1.29 is 17.6 Å². The number of rotatable bonds is 4. The smallest absolute Gasteiger partial charge is 0.424 e. The Bertz CT molecular complexity index is 651. The van der Waals surface area contributed by atoms with Crippen LogP contribution in [0.1, 0.15) is 48.9 Å². The Labute approximate surface area is 131 Å². The number of nitrogens with one attached hydrogen (secondary N) is 1. The fourth-order valence-electron chi connectivity index (χ4n) is 2.83. The summed E-state index contributed by atoms with van der Waals surface area (Å²) in [5.41, 5.74) is -0.337. The predicted octanol–water partition coefficient (Wildman–Crippen LogP) is 2.75. The summed E-state index contributed by atoms with van der Waals surface area (Å²) >= 11 is 0. The molecule has 0 aromatic carbocycles. The van der Waals surface area contributed by atoms with E-state index in [1.807, 2.05) is 6.92 Å². The number of hydrogen-bond acceptors (Lipinski definition) is 5. The van der Waals surface area contributed by atoms with Crippen LogP contribution in [-0.2, 0) is 19.1 Å². The third kappa shape index (κ3) is 3.72. The van der Waals surface area contributed by atoms with E-state index in [9.17, 15) is 13.2 Å². The van der Waals surface area contributed by atoms with Crippen LogP contribution in [0, 0.1) is 0 Å². The second kappa shape index (κ2) is 6.31. The molecule has 1 aliphatic rings. The number of nitrogens with zero attached hydrogens (tertiary/aromatic N) is 4. The molecule has 6 nitrogen and oxygen atoms in total. The highest BCUT2D eigenvalue weighted by Crippen LogP contribution is 2.32. The van der Waals surface area contributed by atoms with Gasteiger partial charge >= 0.3 is 6.18 Å². The van der Waals surface area contributed by atoms with Crippen molar-refractivity contribution in [1.82, 2.24) is 25.3 Å². The second-order valence-corrected chi connectivity index (χ2v) is 5.72. The lowest BCUT2D eigenvalue weighted by molar-refractivity contribution is -0.141. The highest BCUT2D eigenvalue weighted by atomic mass is 19.4. The van der Waals surface area contributed by atoms with Gasteiger partial charge in [-0.15, -0.1) is 10.2 Å². The molecule has 1 fully saturated rings. The van der Waals surface area contributed by atoms with Crippen LogP contribution in [0.4, 0.5) is 13.2 Å². The normalized spacial score (nSPS) is 20.1. The van der Waals surface area contributed by atoms with Crippen LogP contribution >= 0.6 is 0 Å². The Kier molecular flexibility index (Phi) is 4.38. The van der Waals surface area contributed by atoms with E-state index in [4.69, 9.17) is 4.42 Å². The first-order chi connectivity index (χ1) is 11.0. The van der Waals surface area contributed by atoms with E-state index in [0.717, 1.165) is 25.5 Å². The Morgan fingerprint density at radius 3 is 2.78 bits per heavy atom. The molecule has 3 rings (SSSR count). The summed E-state index contributed by atoms with van der Waals surface area (Å²) in [6.45, 7) is 3.96. The van der Waals surface area contributed by atoms with Crippen LogP contribution in [-0.4, -0.2) is 38.4 Å². The van der Waals surface area contributed by atoms with E-state index in [2.05, 4.69) is 25.3 Å². The minimum atomic E-state index is -4.41. The number of aromatic amines is 1. The van der Waals surface area contributed by atoms with Gasteiger partial charge in [-0.2, -0.15) is 18.3 Å². The summed E-state index contributed by atoms with van der Waals surface area (Å²) in [5.74, 6) is 1.14. The molecule has 0 bridgehead atoms. The number of aromatic nitrogens is 4. The Balaban J connectivity index is 1.64. The summed E-state index contributed by atoms with van der Waals surface area (Å²) in [4.78, 5) is 2.12. The summed E-state index contributed by atoms with van der Waals surface area (Å²) in [5, 5.41) is 13.8. The van der Waals surface area contributed by atoms with Crippen molar-refractivity contribution in [3.63, 3.8) is 0 Å². The zero-order valence-corrected chi connectivity index (χ0v) is 12.7. The van der Waals surface area contributed by atoms with E-state index < -0.39 is 11.9 Å². The molecule has 9 heteroatoms. The molecular weight excluding hydrogens is 311 g/mol. The lowest BCUT2D eigenvalue weighted by Crippen LogP contribution is -2.34. The molecule has 2 aromatic rings. The van der Waals surface area contributed by atoms with E-state index in [-0.39, 0.29) is 5.92 Å². The summed E-state index contributed by atoms with van der Waals surface area (Å²) < 4.78 is 43.4. The highest BCUT2D eigenvalue weighted by Gasteiger charge is 2.35. The van der Waals surface area contributed by atoms with E-state index in [1.165, 1.54) is 0 Å². The van der Waals surface area contributed by atoms with Gasteiger partial charge in [-0.05, 0) is 25.5 Å². The van der Waals surface area contributed by atoms with Crippen molar-refractivity contribution in [3.8, 4) is 0 Å². The van der Waals surface area contributed by atoms with Crippen LogP contribution in [0.25, 0.3) is 0 Å². The molecule has 1 saturated heterocycles. The minimum Gasteiger partial charge on any atom is -0.424 e. The third-order valence-corrected chi connectivity index (χ3v) is 4.00. The fourth-order valence-corrected chi connectivity index (χ4v) is 2.83. The molecular formula is C14H18F3N5O. The molecule has 1 N–H and O–H groups in total. The van der Waals surface area contributed by atoms with Crippen LogP contribution in [0.15, 0.2) is 10.5 Å². The Hall–Kier alpha value is -1.90. The zero-order chi connectivity index (χ0) is 16.4. The van der Waals surface area contributed by atoms with Gasteiger partial charge in [0.1, 0.15) is 0 Å². The van der Waals surface area contributed by atoms with Gasteiger partial charge in [0.15, 0.2) is 5.69 Å². The maximum Gasteiger partial charge on any atom is 0.435 e. The van der Waals surface area contributed by atoms with Gasteiger partial charge in [0, 0.05) is 24.6 Å². The highest BCUT2D eigenvalue weighted by molar-refractivity contribution is 5.16. The van der Waals surface area contributed by atoms with Crippen LogP contribution in [0.2, 0.25) is 0 Å². The second-order valence-electron chi connectivity index (χ2n) is 5.72. The van der Waals surface area contributed by atoms with Crippen molar-refractivity contribution in [2.24, 2.45) is 0 Å². The van der Waals surface area contributed by atoms with Gasteiger partial charge in [0.05, 0.1) is 6.54 Å². The van der Waals surface area contributed by atoms with Crippen molar-refractivity contribution in [3.05, 3.63) is 29.2 Å². The van der Waals surface area contributed by atoms with Gasteiger partial charge in [0.25, 0.3) is 0 Å². The number of halogens is 3. The van der Waals surface area contributed by atoms with Crippen molar-refractivity contribution in [1.29, 1.82) is 0 Å². The third-order valence-electron chi connectivity index (χ3n) is 4.00. The monoisotopic (exact) mass is 329 g/mol. The molecule has 0 aliphatic carbocycles. The largest absolute Gasteiger partial charge is 0.435 e. The molecule has 0 unspecified atom stereocenters. The topological polar surface area (TPSA) is 70.8 Å². The average Bonchev–Trinajstić information content (AvgIpc) is 3.16. The van der Waals surface area contributed by atoms with Gasteiger partial charge in [-0.3, -0.25) is 10.00 Å². The molecule has 0 amide bonds. The van der Waals surface area contributed by atoms with Crippen LogP contribution < -0.4 is 0 Å². The Morgan fingerprint density at radius 2 is 2.13 bits per heavy atom. The Morgan fingerprint density at radius 1 is 1.35 bits per heavy atom. The van der Waals surface area contributed by atoms with E-state index >= 15 is 0 Å². The van der Waals surface area contributed by atoms with Crippen molar-refractivity contribution >= 4 is 0 Å². The van der Waals surface area contributed by atoms with Crippen molar-refractivity contribution in [2.75, 3.05) is 13.1 Å². The molecule has 0 saturated carbocycles. The number of alkyl halides is 3. The number of H-pyrrole nitrogens is 1. The number of piperidine rings is 1. The molecule has 0 spiro atoms. The maximum absolute atomic E-state index is 12.6. The number of likely N-dealkylation sites (tertiary alicyclic amines) is 1. The predicted molar refractivity (Wildman–Crippen MR) is 74.5 cm³/mol. The molecule has 1 atom stereocenters. The summed E-state index contributed by atoms with van der Waals surface area (Å²) in [6.07, 6.45) is -1.99. The quantitative estimate of drug-likeness (QED) is 0.934. The van der Waals surface area contributed by atoms with Gasteiger partial charge in [0.2, 0.25) is 11.8 Å². The average molecular weight is 329 g/mol. The minimum absolute atomic E-state index is 0.000849. The zero-order valence-electron chi connectivity index (χ0n) is 12.7. The lowest BCUT2D eigenvalue weighted by atomic mass is 9.94. The molecule has 0 radical (unpaired) electrons. The van der Waals surface area contributed by atoms with Crippen LogP contribution in [0.3, 0.4) is 0 Å². The molecule has 1 aliphatic heterocycles. The van der Waals surface area contributed by atoms with Gasteiger partial charge in [-0.25, -0.2) is 0 Å². The number of hydrogen-bond donors (Lipinski definition) is 1. The van der Waals surface area contributed by atoms with Gasteiger partial charge < -0.3 is 4.42 Å². The molecule has 2 aromatic heterocycles. The summed E-state index contributed by atoms with van der Waals surface area (Å²) in [7, 11) is 0. The standard InChI is InChI=1S/C14H18F3N5O/c1-2-12-20-21-13(23-12)8-22-5-3-4-9(7-22)10-6-11(19-18-10)14(15,16)17/h6,9H,2-5,7-8H2,1H3,(H,18,19)/t9-/m1/s1. The first-order valence-corrected chi connectivity index (χ1v) is 7.62. The van der Waals surface area contributed by atoms with Gasteiger partial charge in [-0.1, -0.05) is 6.92 Å². The lowest BCUT2D eigenvalue weighted by Gasteiger charge is -2.31. The molecule has 3 heterocycles. The van der Waals surface area contributed by atoms with Crippen molar-refractivity contribution in [2.45, 2.75) is 44.8 Å². The van der Waals surface area contributed by atoms with E-state index in [1.54, 1.807) is 0 Å². The first kappa shape index (κ1) is 16.0. The maximum atomic E-state index is 12.6. The summed E-state index contributed by atoms with van der Waals surface area (Å²) in [6, 6.07) is 1.11. The fraction of sp³-hybridized carbons (Fsp3) is 0.643. The number of aryl methyl sites for hydroxylation is 1. The molecule has 126 valence electrons. The first-order valence-electron chi connectivity index (χ1n) is 7.62. The molecule has 23 heavy (non-hydrogen) atoms.